The number of sulfonamides is 1. The second kappa shape index (κ2) is 8.85. The van der Waals surface area contributed by atoms with Gasteiger partial charge in [0, 0.05) is 49.8 Å². The fourth-order valence-corrected chi connectivity index (χ4v) is 5.43. The van der Waals surface area contributed by atoms with E-state index in [1.165, 1.54) is 9.87 Å². The number of benzene rings is 2. The van der Waals surface area contributed by atoms with Crippen molar-refractivity contribution in [1.29, 1.82) is 0 Å². The zero-order valence-electron chi connectivity index (χ0n) is 18.1. The normalized spacial score (nSPS) is 15.6. The van der Waals surface area contributed by atoms with E-state index in [0.717, 1.165) is 10.9 Å². The summed E-state index contributed by atoms with van der Waals surface area (Å²) in [6, 6.07) is 18.2. The summed E-state index contributed by atoms with van der Waals surface area (Å²) in [4.78, 5) is 15.2. The van der Waals surface area contributed by atoms with Crippen LogP contribution in [0, 0.1) is 0 Å². The molecule has 0 saturated carbocycles. The number of amides is 1. The summed E-state index contributed by atoms with van der Waals surface area (Å²) in [5, 5.41) is 0.955. The molecule has 1 aromatic heterocycles. The molecule has 1 fully saturated rings. The van der Waals surface area contributed by atoms with E-state index < -0.39 is 10.0 Å². The first kappa shape index (κ1) is 21.6. The first-order valence-corrected chi connectivity index (χ1v) is 12.4. The highest BCUT2D eigenvalue weighted by atomic mass is 32.2. The molecule has 1 aliphatic rings. The van der Waals surface area contributed by atoms with Gasteiger partial charge in [0.1, 0.15) is 0 Å². The van der Waals surface area contributed by atoms with Crippen LogP contribution in [0.1, 0.15) is 35.7 Å². The summed E-state index contributed by atoms with van der Waals surface area (Å²) in [5.41, 5.74) is 2.93. The molecule has 4 rings (SSSR count). The summed E-state index contributed by atoms with van der Waals surface area (Å²) < 4.78 is 28.0. The van der Waals surface area contributed by atoms with Gasteiger partial charge >= 0.3 is 0 Å². The monoisotopic (exact) mass is 439 g/mol. The Morgan fingerprint density at radius 2 is 1.68 bits per heavy atom. The van der Waals surface area contributed by atoms with E-state index in [1.807, 2.05) is 53.6 Å². The predicted molar refractivity (Wildman–Crippen MR) is 124 cm³/mol. The van der Waals surface area contributed by atoms with Gasteiger partial charge in [-0.25, -0.2) is 12.7 Å². The van der Waals surface area contributed by atoms with Crippen LogP contribution >= 0.6 is 0 Å². The highest BCUT2D eigenvalue weighted by Crippen LogP contribution is 2.26. The van der Waals surface area contributed by atoms with E-state index in [0.29, 0.717) is 38.0 Å². The molecule has 3 aromatic rings. The van der Waals surface area contributed by atoms with E-state index in [-0.39, 0.29) is 17.7 Å². The SMILES string of the molecule is CCS(=O)(=O)N(C)C1CCN(C(=O)c2cn(Cc3ccccc3)c3ccccc23)CC1. The first-order valence-electron chi connectivity index (χ1n) is 10.8. The van der Waals surface area contributed by atoms with Crippen molar-refractivity contribution < 1.29 is 13.2 Å². The molecule has 0 aliphatic carbocycles. The molecule has 0 N–H and O–H groups in total. The minimum Gasteiger partial charge on any atom is -0.342 e. The minimum atomic E-state index is -3.22. The molecule has 1 saturated heterocycles. The number of hydrogen-bond donors (Lipinski definition) is 0. The van der Waals surface area contributed by atoms with Gasteiger partial charge in [0.05, 0.1) is 11.3 Å². The molecule has 6 nitrogen and oxygen atoms in total. The highest BCUT2D eigenvalue weighted by molar-refractivity contribution is 7.89. The van der Waals surface area contributed by atoms with Gasteiger partial charge in [-0.05, 0) is 31.4 Å². The van der Waals surface area contributed by atoms with Crippen LogP contribution in [0.4, 0.5) is 0 Å². The number of piperidine rings is 1. The van der Waals surface area contributed by atoms with E-state index in [2.05, 4.69) is 16.7 Å². The standard InChI is InChI=1S/C24H29N3O3S/c1-3-31(29,30)25(2)20-13-15-26(16-14-20)24(28)22-18-27(17-19-9-5-4-6-10-19)23-12-8-7-11-21(22)23/h4-12,18,20H,3,13-17H2,1-2H3. The number of carbonyl (C=O) groups is 1. The van der Waals surface area contributed by atoms with Crippen LogP contribution in [0.2, 0.25) is 0 Å². The van der Waals surface area contributed by atoms with Crippen LogP contribution in [-0.2, 0) is 16.6 Å². The van der Waals surface area contributed by atoms with Crippen LogP contribution < -0.4 is 0 Å². The fourth-order valence-electron chi connectivity index (χ4n) is 4.36. The van der Waals surface area contributed by atoms with Crippen LogP contribution in [0.5, 0.6) is 0 Å². The second-order valence-corrected chi connectivity index (χ2v) is 10.4. The van der Waals surface area contributed by atoms with Gasteiger partial charge in [-0.3, -0.25) is 4.79 Å². The number of fused-ring (bicyclic) bond motifs is 1. The zero-order valence-corrected chi connectivity index (χ0v) is 18.9. The molecule has 7 heteroatoms. The number of para-hydroxylation sites is 1. The Kier molecular flexibility index (Phi) is 6.16. The van der Waals surface area contributed by atoms with Crippen molar-refractivity contribution in [3.8, 4) is 0 Å². The average molecular weight is 440 g/mol. The van der Waals surface area contributed by atoms with E-state index >= 15 is 0 Å². The van der Waals surface area contributed by atoms with Gasteiger partial charge in [0.15, 0.2) is 0 Å². The first-order chi connectivity index (χ1) is 14.9. The van der Waals surface area contributed by atoms with Crippen LogP contribution in [-0.4, -0.2) is 60.0 Å². The van der Waals surface area contributed by atoms with Gasteiger partial charge in [0.25, 0.3) is 5.91 Å². The predicted octanol–water partition coefficient (Wildman–Crippen LogP) is 3.58. The number of hydrogen-bond acceptors (Lipinski definition) is 3. The Hall–Kier alpha value is -2.64. The fraction of sp³-hybridized carbons (Fsp3) is 0.375. The number of carbonyl (C=O) groups excluding carboxylic acids is 1. The van der Waals surface area contributed by atoms with Crippen molar-refractivity contribution in [2.75, 3.05) is 25.9 Å². The largest absolute Gasteiger partial charge is 0.342 e. The quantitative estimate of drug-likeness (QED) is 0.590. The molecular weight excluding hydrogens is 410 g/mol. The maximum absolute atomic E-state index is 13.4. The van der Waals surface area contributed by atoms with Crippen molar-refractivity contribution >= 4 is 26.8 Å². The molecule has 0 atom stereocenters. The topological polar surface area (TPSA) is 62.6 Å². The Bertz CT molecular complexity index is 1160. The molecule has 1 amide bonds. The highest BCUT2D eigenvalue weighted by Gasteiger charge is 2.31. The zero-order chi connectivity index (χ0) is 22.0. The van der Waals surface area contributed by atoms with Crippen molar-refractivity contribution in [3.63, 3.8) is 0 Å². The summed E-state index contributed by atoms with van der Waals surface area (Å²) in [6.45, 7) is 3.49. The molecule has 0 bridgehead atoms. The maximum atomic E-state index is 13.4. The van der Waals surface area contributed by atoms with Gasteiger partial charge in [0.2, 0.25) is 10.0 Å². The Balaban J connectivity index is 1.54. The second-order valence-electron chi connectivity index (χ2n) is 8.11. The summed E-state index contributed by atoms with van der Waals surface area (Å²) >= 11 is 0. The van der Waals surface area contributed by atoms with Gasteiger partial charge < -0.3 is 9.47 Å². The lowest BCUT2D eigenvalue weighted by Crippen LogP contribution is -2.47. The smallest absolute Gasteiger partial charge is 0.256 e. The van der Waals surface area contributed by atoms with Crippen LogP contribution in [0.3, 0.4) is 0 Å². The van der Waals surface area contributed by atoms with Crippen molar-refractivity contribution in [3.05, 3.63) is 71.9 Å². The van der Waals surface area contributed by atoms with Crippen molar-refractivity contribution in [1.82, 2.24) is 13.8 Å². The van der Waals surface area contributed by atoms with E-state index in [1.54, 1.807) is 14.0 Å². The van der Waals surface area contributed by atoms with Crippen LogP contribution in [0.15, 0.2) is 60.8 Å². The maximum Gasteiger partial charge on any atom is 0.256 e. The lowest BCUT2D eigenvalue weighted by atomic mass is 10.0. The summed E-state index contributed by atoms with van der Waals surface area (Å²) in [5.74, 6) is 0.117. The third-order valence-corrected chi connectivity index (χ3v) is 8.19. The number of aromatic nitrogens is 1. The lowest BCUT2D eigenvalue weighted by molar-refractivity contribution is 0.0688. The summed E-state index contributed by atoms with van der Waals surface area (Å²) in [6.07, 6.45) is 3.27. The molecule has 0 unspecified atom stereocenters. The third-order valence-electron chi connectivity index (χ3n) is 6.28. The van der Waals surface area contributed by atoms with E-state index in [9.17, 15) is 13.2 Å². The van der Waals surface area contributed by atoms with Crippen LogP contribution in [0.25, 0.3) is 10.9 Å². The lowest BCUT2D eigenvalue weighted by Gasteiger charge is -2.36. The molecule has 0 spiro atoms. The van der Waals surface area contributed by atoms with Gasteiger partial charge in [-0.2, -0.15) is 0 Å². The molecule has 164 valence electrons. The van der Waals surface area contributed by atoms with Gasteiger partial charge in [-0.1, -0.05) is 48.5 Å². The average Bonchev–Trinajstić information content (AvgIpc) is 3.17. The number of rotatable bonds is 6. The molecule has 2 heterocycles. The molecule has 0 radical (unpaired) electrons. The molecular formula is C24H29N3O3S. The number of nitrogens with zero attached hydrogens (tertiary/aromatic N) is 3. The molecule has 2 aromatic carbocycles. The molecule has 31 heavy (non-hydrogen) atoms. The number of likely N-dealkylation sites (tertiary alicyclic amines) is 1. The minimum absolute atomic E-state index is 0.0162. The summed E-state index contributed by atoms with van der Waals surface area (Å²) in [7, 11) is -1.57. The Morgan fingerprint density at radius 3 is 2.35 bits per heavy atom. The molecule has 1 aliphatic heterocycles. The Labute approximate surface area is 184 Å². The van der Waals surface area contributed by atoms with Crippen molar-refractivity contribution in [2.45, 2.75) is 32.4 Å². The van der Waals surface area contributed by atoms with Gasteiger partial charge in [-0.15, -0.1) is 0 Å². The van der Waals surface area contributed by atoms with E-state index in [4.69, 9.17) is 0 Å². The van der Waals surface area contributed by atoms with Crippen molar-refractivity contribution in [2.24, 2.45) is 0 Å². The third kappa shape index (κ3) is 4.38. The Morgan fingerprint density at radius 1 is 1.03 bits per heavy atom.